The molecule has 0 aliphatic heterocycles. The highest BCUT2D eigenvalue weighted by atomic mass is 16.3. The van der Waals surface area contributed by atoms with Gasteiger partial charge in [-0.15, -0.1) is 0 Å². The Hall–Kier alpha value is -1.31. The number of phenolic OH excluding ortho intramolecular Hbond substituents is 1. The first-order valence-corrected chi connectivity index (χ1v) is 6.56. The van der Waals surface area contributed by atoms with Crippen molar-refractivity contribution in [3.8, 4) is 5.75 Å². The van der Waals surface area contributed by atoms with E-state index in [1.807, 2.05) is 31.3 Å². The predicted octanol–water partition coefficient (Wildman–Crippen LogP) is 3.31. The van der Waals surface area contributed by atoms with Crippen molar-refractivity contribution in [2.24, 2.45) is 16.8 Å². The number of phenols is 1. The van der Waals surface area contributed by atoms with Crippen molar-refractivity contribution in [3.05, 3.63) is 29.3 Å². The Morgan fingerprint density at radius 2 is 2.18 bits per heavy atom. The van der Waals surface area contributed by atoms with Crippen molar-refractivity contribution in [2.75, 3.05) is 0 Å². The summed E-state index contributed by atoms with van der Waals surface area (Å²) in [6, 6.07) is 6.33. The van der Waals surface area contributed by atoms with E-state index in [-0.39, 0.29) is 0 Å². The van der Waals surface area contributed by atoms with Crippen LogP contribution in [0.15, 0.2) is 23.2 Å². The van der Waals surface area contributed by atoms with Crippen LogP contribution in [0.1, 0.15) is 36.8 Å². The van der Waals surface area contributed by atoms with Crippen LogP contribution in [0.2, 0.25) is 0 Å². The average molecular weight is 229 g/mol. The number of para-hydroxylation sites is 1. The summed E-state index contributed by atoms with van der Waals surface area (Å²) >= 11 is 0. The first-order chi connectivity index (χ1) is 8.24. The number of nitrogens with zero attached hydrogens (tertiary/aromatic N) is 1. The lowest BCUT2D eigenvalue weighted by atomic mass is 9.96. The largest absolute Gasteiger partial charge is 0.507 e. The van der Waals surface area contributed by atoms with Gasteiger partial charge < -0.3 is 5.11 Å². The molecule has 0 aromatic heterocycles. The van der Waals surface area contributed by atoms with E-state index in [0.717, 1.165) is 23.0 Å². The fraction of sp³-hybridized carbons (Fsp3) is 0.533. The lowest BCUT2D eigenvalue weighted by Gasteiger charge is -2.17. The van der Waals surface area contributed by atoms with Gasteiger partial charge in [0.25, 0.3) is 0 Å². The van der Waals surface area contributed by atoms with Crippen LogP contribution in [-0.2, 0) is 0 Å². The monoisotopic (exact) mass is 229 g/mol. The van der Waals surface area contributed by atoms with Crippen LogP contribution in [-0.4, -0.2) is 17.4 Å². The molecule has 0 heterocycles. The zero-order valence-corrected chi connectivity index (χ0v) is 10.3. The number of aryl methyl sites for hydroxylation is 1. The maximum atomic E-state index is 9.91. The predicted molar refractivity (Wildman–Crippen MR) is 69.7 cm³/mol. The first kappa shape index (κ1) is 10.8. The number of hydrogen-bond donors (Lipinski definition) is 1. The normalized spacial score (nSPS) is 31.5. The number of rotatable bonds is 2. The van der Waals surface area contributed by atoms with Crippen LogP contribution in [0.5, 0.6) is 5.75 Å². The van der Waals surface area contributed by atoms with Gasteiger partial charge in [0.15, 0.2) is 0 Å². The molecular weight excluding hydrogens is 210 g/mol. The molecule has 1 aromatic rings. The number of hydrogen-bond acceptors (Lipinski definition) is 2. The van der Waals surface area contributed by atoms with Crippen LogP contribution in [0.4, 0.5) is 0 Å². The fourth-order valence-electron chi connectivity index (χ4n) is 3.36. The minimum atomic E-state index is 0.374. The van der Waals surface area contributed by atoms with Crippen LogP contribution in [0.3, 0.4) is 0 Å². The highest BCUT2D eigenvalue weighted by molar-refractivity contribution is 5.84. The van der Waals surface area contributed by atoms with Gasteiger partial charge >= 0.3 is 0 Å². The molecule has 2 aliphatic rings. The average Bonchev–Trinajstić information content (AvgIpc) is 2.93. The van der Waals surface area contributed by atoms with Gasteiger partial charge in [-0.1, -0.05) is 18.6 Å². The number of aliphatic imine (C=N–C) groups is 1. The molecule has 0 saturated heterocycles. The second-order valence-corrected chi connectivity index (χ2v) is 5.53. The molecule has 90 valence electrons. The smallest absolute Gasteiger partial charge is 0.127 e. The molecule has 17 heavy (non-hydrogen) atoms. The van der Waals surface area contributed by atoms with Crippen LogP contribution in [0, 0.1) is 18.8 Å². The Morgan fingerprint density at radius 1 is 1.29 bits per heavy atom. The van der Waals surface area contributed by atoms with Gasteiger partial charge in [-0.25, -0.2) is 0 Å². The van der Waals surface area contributed by atoms with Crippen molar-refractivity contribution < 1.29 is 5.11 Å². The van der Waals surface area contributed by atoms with Crippen LogP contribution >= 0.6 is 0 Å². The molecule has 2 heteroatoms. The van der Waals surface area contributed by atoms with Gasteiger partial charge in [0.1, 0.15) is 5.75 Å². The van der Waals surface area contributed by atoms with Crippen molar-refractivity contribution in [3.63, 3.8) is 0 Å². The van der Waals surface area contributed by atoms with Crippen molar-refractivity contribution in [1.82, 2.24) is 0 Å². The topological polar surface area (TPSA) is 32.6 Å². The highest BCUT2D eigenvalue weighted by Gasteiger charge is 2.38. The molecule has 1 aromatic carbocycles. The van der Waals surface area contributed by atoms with E-state index < -0.39 is 0 Å². The van der Waals surface area contributed by atoms with Gasteiger partial charge in [-0.2, -0.15) is 0 Å². The molecule has 1 N–H and O–H groups in total. The molecule has 0 amide bonds. The molecule has 3 unspecified atom stereocenters. The van der Waals surface area contributed by atoms with E-state index in [2.05, 4.69) is 0 Å². The molecule has 3 rings (SSSR count). The Morgan fingerprint density at radius 3 is 2.88 bits per heavy atom. The quantitative estimate of drug-likeness (QED) is 0.775. The summed E-state index contributed by atoms with van der Waals surface area (Å²) in [6.45, 7) is 1.92. The molecule has 0 radical (unpaired) electrons. The Kier molecular flexibility index (Phi) is 2.65. The standard InChI is InChI=1S/C15H19NO/c1-10-3-2-4-13(15(10)17)9-16-14-8-11-5-6-12(14)7-11/h2-4,9,11-12,14,17H,5-8H2,1H3. The lowest BCUT2D eigenvalue weighted by molar-refractivity contribution is 0.421. The number of benzene rings is 1. The Labute approximate surface area is 102 Å². The van der Waals surface area contributed by atoms with E-state index in [9.17, 15) is 5.11 Å². The van der Waals surface area contributed by atoms with Crippen molar-refractivity contribution in [1.29, 1.82) is 0 Å². The first-order valence-electron chi connectivity index (χ1n) is 6.56. The summed E-state index contributed by atoms with van der Waals surface area (Å²) < 4.78 is 0. The second-order valence-electron chi connectivity index (χ2n) is 5.53. The second kappa shape index (κ2) is 4.17. The molecule has 2 aliphatic carbocycles. The molecule has 3 atom stereocenters. The Balaban J connectivity index is 1.76. The Bertz CT molecular complexity index is 452. The van der Waals surface area contributed by atoms with E-state index in [4.69, 9.17) is 4.99 Å². The van der Waals surface area contributed by atoms with Crippen molar-refractivity contribution in [2.45, 2.75) is 38.6 Å². The van der Waals surface area contributed by atoms with E-state index in [1.54, 1.807) is 0 Å². The molecule has 2 fully saturated rings. The summed E-state index contributed by atoms with van der Waals surface area (Å²) in [7, 11) is 0. The minimum Gasteiger partial charge on any atom is -0.507 e. The highest BCUT2D eigenvalue weighted by Crippen LogP contribution is 2.45. The molecule has 2 saturated carbocycles. The summed E-state index contributed by atoms with van der Waals surface area (Å²) in [4.78, 5) is 4.69. The van der Waals surface area contributed by atoms with E-state index in [1.165, 1.54) is 25.7 Å². The van der Waals surface area contributed by atoms with Gasteiger partial charge in [-0.3, -0.25) is 4.99 Å². The summed E-state index contributed by atoms with van der Waals surface area (Å²) in [6.07, 6.45) is 7.27. The summed E-state index contributed by atoms with van der Waals surface area (Å²) in [5.74, 6) is 2.11. The SMILES string of the molecule is Cc1cccc(C=NC2CC3CCC2C3)c1O. The van der Waals surface area contributed by atoms with Crippen LogP contribution < -0.4 is 0 Å². The zero-order chi connectivity index (χ0) is 11.8. The van der Waals surface area contributed by atoms with Gasteiger partial charge in [0.05, 0.1) is 6.04 Å². The molecule has 2 nitrogen and oxygen atoms in total. The summed E-state index contributed by atoms with van der Waals surface area (Å²) in [5.41, 5.74) is 1.77. The molecule has 2 bridgehead atoms. The van der Waals surface area contributed by atoms with Crippen LogP contribution in [0.25, 0.3) is 0 Å². The zero-order valence-electron chi connectivity index (χ0n) is 10.3. The lowest BCUT2D eigenvalue weighted by Crippen LogP contribution is -2.14. The van der Waals surface area contributed by atoms with E-state index in [0.29, 0.717) is 11.8 Å². The molecule has 0 spiro atoms. The van der Waals surface area contributed by atoms with Gasteiger partial charge in [-0.05, 0) is 49.7 Å². The van der Waals surface area contributed by atoms with E-state index >= 15 is 0 Å². The fourth-order valence-corrected chi connectivity index (χ4v) is 3.36. The number of fused-ring (bicyclic) bond motifs is 2. The summed E-state index contributed by atoms with van der Waals surface area (Å²) in [5, 5.41) is 9.91. The minimum absolute atomic E-state index is 0.374. The maximum Gasteiger partial charge on any atom is 0.127 e. The third-order valence-corrected chi connectivity index (χ3v) is 4.37. The number of aromatic hydroxyl groups is 1. The third-order valence-electron chi connectivity index (χ3n) is 4.37. The third kappa shape index (κ3) is 1.97. The van der Waals surface area contributed by atoms with Gasteiger partial charge in [0.2, 0.25) is 0 Å². The van der Waals surface area contributed by atoms with Gasteiger partial charge in [0, 0.05) is 11.8 Å². The maximum absolute atomic E-state index is 9.91. The van der Waals surface area contributed by atoms with Crippen molar-refractivity contribution >= 4 is 6.21 Å². The molecular formula is C15H19NO.